The molecule has 0 aliphatic carbocycles. The molecular formula is C14H20N4O. The van der Waals surface area contributed by atoms with E-state index in [9.17, 15) is 0 Å². The maximum Gasteiger partial charge on any atom is 0.239 e. The van der Waals surface area contributed by atoms with Crippen LogP contribution in [0.5, 0.6) is 5.88 Å². The maximum atomic E-state index is 5.88. The topological polar surface area (TPSA) is 66.0 Å². The molecule has 19 heavy (non-hydrogen) atoms. The van der Waals surface area contributed by atoms with E-state index in [1.807, 2.05) is 36.7 Å². The Labute approximate surface area is 113 Å². The van der Waals surface area contributed by atoms with Crippen LogP contribution < -0.4 is 10.5 Å². The molecule has 2 aromatic heterocycles. The van der Waals surface area contributed by atoms with Crippen LogP contribution in [0, 0.1) is 0 Å². The Hall–Kier alpha value is -2.04. The molecule has 2 rings (SSSR count). The highest BCUT2D eigenvalue weighted by Gasteiger charge is 2.10. The van der Waals surface area contributed by atoms with E-state index in [0.717, 1.165) is 24.5 Å². The minimum atomic E-state index is 0.0444. The summed E-state index contributed by atoms with van der Waals surface area (Å²) in [5, 5.41) is 0. The molecule has 5 heteroatoms. The van der Waals surface area contributed by atoms with Crippen molar-refractivity contribution in [3.05, 3.63) is 30.4 Å². The molecule has 102 valence electrons. The van der Waals surface area contributed by atoms with Crippen LogP contribution in [0.25, 0.3) is 5.82 Å². The summed E-state index contributed by atoms with van der Waals surface area (Å²) in [5.74, 6) is 2.25. The van der Waals surface area contributed by atoms with Crippen molar-refractivity contribution in [3.63, 3.8) is 0 Å². The number of pyridine rings is 1. The second-order valence-corrected chi connectivity index (χ2v) is 4.69. The maximum absolute atomic E-state index is 5.88. The first-order valence-electron chi connectivity index (χ1n) is 6.57. The first-order chi connectivity index (χ1) is 9.11. The molecule has 0 spiro atoms. The minimum Gasteiger partial charge on any atom is -0.473 e. The Bertz CT molecular complexity index is 548. The SMILES string of the molecule is CCCc1nccn1-c1ccc(N)c(OC(C)C)n1. The van der Waals surface area contributed by atoms with Crippen molar-refractivity contribution in [2.75, 3.05) is 5.73 Å². The van der Waals surface area contributed by atoms with Gasteiger partial charge in [0.2, 0.25) is 5.88 Å². The zero-order valence-electron chi connectivity index (χ0n) is 11.6. The van der Waals surface area contributed by atoms with Gasteiger partial charge in [-0.3, -0.25) is 4.57 Å². The molecule has 2 N–H and O–H groups in total. The number of aryl methyl sites for hydroxylation is 1. The zero-order valence-corrected chi connectivity index (χ0v) is 11.6. The molecule has 0 saturated heterocycles. The van der Waals surface area contributed by atoms with Gasteiger partial charge in [0, 0.05) is 18.8 Å². The normalized spacial score (nSPS) is 10.9. The summed E-state index contributed by atoms with van der Waals surface area (Å²) < 4.78 is 7.58. The molecule has 0 saturated carbocycles. The van der Waals surface area contributed by atoms with Gasteiger partial charge in [-0.05, 0) is 32.4 Å². The third-order valence-electron chi connectivity index (χ3n) is 2.66. The summed E-state index contributed by atoms with van der Waals surface area (Å²) >= 11 is 0. The van der Waals surface area contributed by atoms with Gasteiger partial charge in [-0.2, -0.15) is 4.98 Å². The molecule has 0 aliphatic heterocycles. The van der Waals surface area contributed by atoms with Crippen molar-refractivity contribution in [1.82, 2.24) is 14.5 Å². The number of rotatable bonds is 5. The molecule has 0 radical (unpaired) electrons. The Balaban J connectivity index is 2.37. The summed E-state index contributed by atoms with van der Waals surface area (Å²) in [6, 6.07) is 3.69. The largest absolute Gasteiger partial charge is 0.473 e. The highest BCUT2D eigenvalue weighted by Crippen LogP contribution is 2.22. The Morgan fingerprint density at radius 1 is 1.37 bits per heavy atom. The molecule has 5 nitrogen and oxygen atoms in total. The summed E-state index contributed by atoms with van der Waals surface area (Å²) in [6.07, 6.45) is 5.69. The molecule has 0 fully saturated rings. The molecule has 0 atom stereocenters. The van der Waals surface area contributed by atoms with Crippen molar-refractivity contribution in [3.8, 4) is 11.7 Å². The number of imidazole rings is 1. The van der Waals surface area contributed by atoms with E-state index in [1.54, 1.807) is 6.20 Å². The van der Waals surface area contributed by atoms with Crippen LogP contribution in [0.15, 0.2) is 24.5 Å². The van der Waals surface area contributed by atoms with E-state index in [-0.39, 0.29) is 6.10 Å². The molecule has 2 heterocycles. The fraction of sp³-hybridized carbons (Fsp3) is 0.429. The van der Waals surface area contributed by atoms with Gasteiger partial charge in [0.25, 0.3) is 0 Å². The van der Waals surface area contributed by atoms with Crippen molar-refractivity contribution in [2.24, 2.45) is 0 Å². The third kappa shape index (κ3) is 3.05. The first kappa shape index (κ1) is 13.4. The van der Waals surface area contributed by atoms with Crippen LogP contribution in [0.2, 0.25) is 0 Å². The first-order valence-corrected chi connectivity index (χ1v) is 6.57. The lowest BCUT2D eigenvalue weighted by Gasteiger charge is -2.13. The van der Waals surface area contributed by atoms with Crippen LogP contribution in [0.1, 0.15) is 33.0 Å². The predicted molar refractivity (Wildman–Crippen MR) is 75.5 cm³/mol. The second-order valence-electron chi connectivity index (χ2n) is 4.69. The average Bonchev–Trinajstić information content (AvgIpc) is 2.80. The molecule has 0 aliphatic rings. The smallest absolute Gasteiger partial charge is 0.239 e. The molecule has 2 aromatic rings. The lowest BCUT2D eigenvalue weighted by Crippen LogP contribution is -2.11. The summed E-state index contributed by atoms with van der Waals surface area (Å²) in [5.41, 5.74) is 6.43. The molecule has 0 amide bonds. The van der Waals surface area contributed by atoms with E-state index in [1.165, 1.54) is 0 Å². The monoisotopic (exact) mass is 260 g/mol. The average molecular weight is 260 g/mol. The minimum absolute atomic E-state index is 0.0444. The fourth-order valence-corrected chi connectivity index (χ4v) is 1.84. The van der Waals surface area contributed by atoms with Crippen molar-refractivity contribution >= 4 is 5.69 Å². The van der Waals surface area contributed by atoms with E-state index < -0.39 is 0 Å². The molecule has 0 aromatic carbocycles. The van der Waals surface area contributed by atoms with Crippen molar-refractivity contribution < 1.29 is 4.74 Å². The van der Waals surface area contributed by atoms with Gasteiger partial charge in [0.15, 0.2) is 0 Å². The van der Waals surface area contributed by atoms with Crippen LogP contribution in [0.3, 0.4) is 0 Å². The van der Waals surface area contributed by atoms with Crippen LogP contribution in [-0.4, -0.2) is 20.6 Å². The van der Waals surface area contributed by atoms with E-state index in [2.05, 4.69) is 16.9 Å². The number of nitrogens with two attached hydrogens (primary N) is 1. The van der Waals surface area contributed by atoms with Crippen LogP contribution >= 0.6 is 0 Å². The highest BCUT2D eigenvalue weighted by molar-refractivity contribution is 5.51. The van der Waals surface area contributed by atoms with E-state index in [0.29, 0.717) is 11.6 Å². The number of ether oxygens (including phenoxy) is 1. The molecule has 0 bridgehead atoms. The van der Waals surface area contributed by atoms with Crippen LogP contribution in [-0.2, 0) is 6.42 Å². The number of hydrogen-bond donors (Lipinski definition) is 1. The lowest BCUT2D eigenvalue weighted by atomic mass is 10.3. The summed E-state index contributed by atoms with van der Waals surface area (Å²) in [7, 11) is 0. The molecular weight excluding hydrogens is 240 g/mol. The Morgan fingerprint density at radius 3 is 2.84 bits per heavy atom. The van der Waals surface area contributed by atoms with Crippen molar-refractivity contribution in [1.29, 1.82) is 0 Å². The summed E-state index contributed by atoms with van der Waals surface area (Å²) in [4.78, 5) is 8.82. The van der Waals surface area contributed by atoms with E-state index in [4.69, 9.17) is 10.5 Å². The van der Waals surface area contributed by atoms with Crippen LogP contribution in [0.4, 0.5) is 5.69 Å². The molecule has 0 unspecified atom stereocenters. The van der Waals surface area contributed by atoms with Gasteiger partial charge in [-0.1, -0.05) is 6.92 Å². The van der Waals surface area contributed by atoms with Gasteiger partial charge in [0.05, 0.1) is 11.8 Å². The Morgan fingerprint density at radius 2 is 2.16 bits per heavy atom. The Kier molecular flexibility index (Phi) is 4.04. The second kappa shape index (κ2) is 5.73. The van der Waals surface area contributed by atoms with Gasteiger partial charge in [-0.25, -0.2) is 4.98 Å². The predicted octanol–water partition coefficient (Wildman–Crippen LogP) is 2.59. The van der Waals surface area contributed by atoms with Gasteiger partial charge < -0.3 is 10.5 Å². The van der Waals surface area contributed by atoms with E-state index >= 15 is 0 Å². The number of aromatic nitrogens is 3. The standard InChI is InChI=1S/C14H20N4O/c1-4-5-12-16-8-9-18(12)13-7-6-11(15)14(17-13)19-10(2)3/h6-10H,4-5,15H2,1-3H3. The van der Waals surface area contributed by atoms with Gasteiger partial charge in [0.1, 0.15) is 11.6 Å². The third-order valence-corrected chi connectivity index (χ3v) is 2.66. The quantitative estimate of drug-likeness (QED) is 0.897. The lowest BCUT2D eigenvalue weighted by molar-refractivity contribution is 0.234. The number of anilines is 1. The summed E-state index contributed by atoms with van der Waals surface area (Å²) in [6.45, 7) is 6.03. The fourth-order valence-electron chi connectivity index (χ4n) is 1.84. The number of nitrogens with zero attached hydrogens (tertiary/aromatic N) is 3. The number of nitrogen functional groups attached to an aromatic ring is 1. The van der Waals surface area contributed by atoms with Gasteiger partial charge >= 0.3 is 0 Å². The highest BCUT2D eigenvalue weighted by atomic mass is 16.5. The van der Waals surface area contributed by atoms with Gasteiger partial charge in [-0.15, -0.1) is 0 Å². The number of hydrogen-bond acceptors (Lipinski definition) is 4. The zero-order chi connectivity index (χ0) is 13.8. The van der Waals surface area contributed by atoms with Crippen molar-refractivity contribution in [2.45, 2.75) is 39.7 Å².